The molecule has 1 amide bonds. The molecule has 1 unspecified atom stereocenters. The van der Waals surface area contributed by atoms with Crippen molar-refractivity contribution >= 4 is 11.6 Å². The van der Waals surface area contributed by atoms with E-state index in [1.807, 2.05) is 68.4 Å². The van der Waals surface area contributed by atoms with Gasteiger partial charge in [-0.25, -0.2) is 0 Å². The second kappa shape index (κ2) is 8.46. The highest BCUT2D eigenvalue weighted by Gasteiger charge is 2.11. The van der Waals surface area contributed by atoms with E-state index < -0.39 is 0 Å². The zero-order chi connectivity index (χ0) is 16.7. The Bertz CT molecular complexity index is 609. The molecule has 0 heterocycles. The predicted molar refractivity (Wildman–Crippen MR) is 93.0 cm³/mol. The molecule has 2 rings (SSSR count). The van der Waals surface area contributed by atoms with Gasteiger partial charge in [0.1, 0.15) is 0 Å². The number of ether oxygens (including phenoxy) is 1. The van der Waals surface area contributed by atoms with Gasteiger partial charge in [-0.1, -0.05) is 42.5 Å². The molecule has 4 heteroatoms. The van der Waals surface area contributed by atoms with Crippen LogP contribution in [0.2, 0.25) is 0 Å². The molecule has 0 saturated heterocycles. The van der Waals surface area contributed by atoms with Gasteiger partial charge >= 0.3 is 0 Å². The van der Waals surface area contributed by atoms with E-state index in [2.05, 4.69) is 5.32 Å². The summed E-state index contributed by atoms with van der Waals surface area (Å²) in [6, 6.07) is 17.0. The molecule has 2 aromatic carbocycles. The third kappa shape index (κ3) is 5.85. The van der Waals surface area contributed by atoms with Crippen molar-refractivity contribution in [1.82, 2.24) is 0 Å². The van der Waals surface area contributed by atoms with Crippen LogP contribution < -0.4 is 11.1 Å². The molecule has 0 aromatic heterocycles. The van der Waals surface area contributed by atoms with Crippen LogP contribution in [0.4, 0.5) is 5.69 Å². The quantitative estimate of drug-likeness (QED) is 0.820. The Balaban J connectivity index is 1.85. The highest BCUT2D eigenvalue weighted by molar-refractivity contribution is 5.91. The lowest BCUT2D eigenvalue weighted by atomic mass is 10.0. The lowest BCUT2D eigenvalue weighted by Gasteiger charge is -2.12. The smallest absolute Gasteiger partial charge is 0.226 e. The molecular formula is C19H24N2O2. The van der Waals surface area contributed by atoms with Gasteiger partial charge in [0.15, 0.2) is 0 Å². The van der Waals surface area contributed by atoms with Gasteiger partial charge in [0.2, 0.25) is 5.91 Å². The number of nitrogens with one attached hydrogen (secondary N) is 1. The van der Waals surface area contributed by atoms with Crippen molar-refractivity contribution in [2.75, 3.05) is 5.32 Å². The molecule has 4 nitrogen and oxygen atoms in total. The summed E-state index contributed by atoms with van der Waals surface area (Å²) in [4.78, 5) is 12.1. The zero-order valence-corrected chi connectivity index (χ0v) is 13.7. The summed E-state index contributed by atoms with van der Waals surface area (Å²) in [6.07, 6.45) is 0.455. The second-order valence-corrected chi connectivity index (χ2v) is 5.83. The molecule has 0 saturated carbocycles. The summed E-state index contributed by atoms with van der Waals surface area (Å²) in [5.74, 6) is -0.0902. The third-order valence-electron chi connectivity index (χ3n) is 3.45. The molecule has 0 spiro atoms. The van der Waals surface area contributed by atoms with Crippen molar-refractivity contribution < 1.29 is 9.53 Å². The first kappa shape index (κ1) is 17.2. The minimum absolute atomic E-state index is 0.0902. The van der Waals surface area contributed by atoms with Gasteiger partial charge in [-0.3, -0.25) is 4.79 Å². The van der Waals surface area contributed by atoms with Gasteiger partial charge in [0.05, 0.1) is 12.7 Å². The summed E-state index contributed by atoms with van der Waals surface area (Å²) < 4.78 is 5.55. The lowest BCUT2D eigenvalue weighted by Crippen LogP contribution is -2.20. The minimum Gasteiger partial charge on any atom is -0.374 e. The third-order valence-corrected chi connectivity index (χ3v) is 3.45. The van der Waals surface area contributed by atoms with Crippen LogP contribution in [0, 0.1) is 0 Å². The number of anilines is 1. The van der Waals surface area contributed by atoms with E-state index in [0.29, 0.717) is 6.61 Å². The highest BCUT2D eigenvalue weighted by atomic mass is 16.5. The number of hydrogen-bond donors (Lipinski definition) is 2. The summed E-state index contributed by atoms with van der Waals surface area (Å²) in [6.45, 7) is 4.58. The molecule has 23 heavy (non-hydrogen) atoms. The van der Waals surface area contributed by atoms with Crippen LogP contribution in [0.1, 0.15) is 37.4 Å². The van der Waals surface area contributed by atoms with Gasteiger partial charge in [0, 0.05) is 18.2 Å². The number of hydrogen-bond acceptors (Lipinski definition) is 3. The molecule has 0 aliphatic heterocycles. The molecule has 3 N–H and O–H groups in total. The second-order valence-electron chi connectivity index (χ2n) is 5.83. The summed E-state index contributed by atoms with van der Waals surface area (Å²) >= 11 is 0. The minimum atomic E-state index is -0.296. The maximum absolute atomic E-state index is 12.1. The van der Waals surface area contributed by atoms with E-state index in [9.17, 15) is 4.79 Å². The predicted octanol–water partition coefficient (Wildman–Crippen LogP) is 3.64. The maximum atomic E-state index is 12.1. The van der Waals surface area contributed by atoms with Crippen LogP contribution in [-0.4, -0.2) is 12.0 Å². The summed E-state index contributed by atoms with van der Waals surface area (Å²) in [5, 5.41) is 2.87. The van der Waals surface area contributed by atoms with Crippen LogP contribution in [0.5, 0.6) is 0 Å². The zero-order valence-electron chi connectivity index (χ0n) is 13.7. The first-order valence-corrected chi connectivity index (χ1v) is 7.85. The standard InChI is InChI=1S/C19H24N2O2/c1-14(2)23-13-15-8-10-17(11-9-15)21-19(22)12-18(20)16-6-4-3-5-7-16/h3-11,14,18H,12-13,20H2,1-2H3,(H,21,22). The number of carbonyl (C=O) groups is 1. The molecule has 0 bridgehead atoms. The van der Waals surface area contributed by atoms with Crippen molar-refractivity contribution in [1.29, 1.82) is 0 Å². The van der Waals surface area contributed by atoms with Crippen molar-refractivity contribution in [2.24, 2.45) is 5.73 Å². The normalized spacial score (nSPS) is 12.2. The molecule has 0 fully saturated rings. The van der Waals surface area contributed by atoms with Gasteiger partial charge in [-0.2, -0.15) is 0 Å². The SMILES string of the molecule is CC(C)OCc1ccc(NC(=O)CC(N)c2ccccc2)cc1. The van der Waals surface area contributed by atoms with Crippen LogP contribution in [0.25, 0.3) is 0 Å². The first-order valence-electron chi connectivity index (χ1n) is 7.85. The number of carbonyl (C=O) groups excluding carboxylic acids is 1. The Morgan fingerprint density at radius 2 is 1.74 bits per heavy atom. The van der Waals surface area contributed by atoms with Crippen LogP contribution in [0.15, 0.2) is 54.6 Å². The highest BCUT2D eigenvalue weighted by Crippen LogP contribution is 2.16. The molecule has 122 valence electrons. The fourth-order valence-electron chi connectivity index (χ4n) is 2.18. The van der Waals surface area contributed by atoms with Crippen LogP contribution in [0.3, 0.4) is 0 Å². The monoisotopic (exact) mass is 312 g/mol. The number of amides is 1. The molecule has 0 radical (unpaired) electrons. The number of rotatable bonds is 7. The average Bonchev–Trinajstić information content (AvgIpc) is 2.55. The van der Waals surface area contributed by atoms with E-state index in [1.165, 1.54) is 0 Å². The van der Waals surface area contributed by atoms with Gasteiger partial charge in [-0.15, -0.1) is 0 Å². The lowest BCUT2D eigenvalue weighted by molar-refractivity contribution is -0.116. The van der Waals surface area contributed by atoms with Crippen molar-refractivity contribution in [3.8, 4) is 0 Å². The first-order chi connectivity index (χ1) is 11.0. The average molecular weight is 312 g/mol. The van der Waals surface area contributed by atoms with E-state index in [-0.39, 0.29) is 24.5 Å². The van der Waals surface area contributed by atoms with E-state index in [4.69, 9.17) is 10.5 Å². The largest absolute Gasteiger partial charge is 0.374 e. The van der Waals surface area contributed by atoms with Crippen molar-refractivity contribution in [3.63, 3.8) is 0 Å². The van der Waals surface area contributed by atoms with E-state index in [1.54, 1.807) is 0 Å². The molecular weight excluding hydrogens is 288 g/mol. The van der Waals surface area contributed by atoms with Crippen LogP contribution in [-0.2, 0) is 16.1 Å². The molecule has 2 aromatic rings. The van der Waals surface area contributed by atoms with Crippen molar-refractivity contribution in [2.45, 2.75) is 39.0 Å². The topological polar surface area (TPSA) is 64.3 Å². The number of benzene rings is 2. The Kier molecular flexibility index (Phi) is 6.32. The Labute approximate surface area is 137 Å². The van der Waals surface area contributed by atoms with Gasteiger partial charge in [0.25, 0.3) is 0 Å². The fourth-order valence-corrected chi connectivity index (χ4v) is 2.18. The maximum Gasteiger partial charge on any atom is 0.226 e. The molecule has 0 aliphatic rings. The fraction of sp³-hybridized carbons (Fsp3) is 0.316. The van der Waals surface area contributed by atoms with Gasteiger partial charge in [-0.05, 0) is 37.1 Å². The Hall–Kier alpha value is -2.17. The van der Waals surface area contributed by atoms with Crippen molar-refractivity contribution in [3.05, 3.63) is 65.7 Å². The van der Waals surface area contributed by atoms with Gasteiger partial charge < -0.3 is 15.8 Å². The summed E-state index contributed by atoms with van der Waals surface area (Å²) in [5.41, 5.74) is 8.87. The Morgan fingerprint density at radius 3 is 2.35 bits per heavy atom. The van der Waals surface area contributed by atoms with E-state index in [0.717, 1.165) is 16.8 Å². The Morgan fingerprint density at radius 1 is 1.09 bits per heavy atom. The van der Waals surface area contributed by atoms with E-state index >= 15 is 0 Å². The molecule has 0 aliphatic carbocycles. The summed E-state index contributed by atoms with van der Waals surface area (Å²) in [7, 11) is 0. The van der Waals surface area contributed by atoms with Crippen LogP contribution >= 0.6 is 0 Å². The number of nitrogens with two attached hydrogens (primary N) is 1. The molecule has 1 atom stereocenters.